The van der Waals surface area contributed by atoms with Crippen LogP contribution in [0.2, 0.25) is 0 Å². The van der Waals surface area contributed by atoms with Crippen molar-refractivity contribution in [2.75, 3.05) is 19.6 Å². The van der Waals surface area contributed by atoms with E-state index in [1.165, 1.54) is 0 Å². The second-order valence-electron chi connectivity index (χ2n) is 5.82. The Hall–Kier alpha value is -2.35. The van der Waals surface area contributed by atoms with Crippen LogP contribution in [0.4, 0.5) is 0 Å². The predicted octanol–water partition coefficient (Wildman–Crippen LogP) is 1.06. The third-order valence-electron chi connectivity index (χ3n) is 4.05. The molecule has 1 saturated heterocycles. The van der Waals surface area contributed by atoms with E-state index in [-0.39, 0.29) is 5.91 Å². The van der Waals surface area contributed by atoms with Gasteiger partial charge in [0.1, 0.15) is 0 Å². The van der Waals surface area contributed by atoms with Gasteiger partial charge in [0.2, 0.25) is 23.4 Å². The van der Waals surface area contributed by atoms with Crippen LogP contribution >= 0.6 is 0 Å². The van der Waals surface area contributed by atoms with Crippen molar-refractivity contribution in [2.24, 2.45) is 0 Å². The van der Waals surface area contributed by atoms with Gasteiger partial charge in [0, 0.05) is 44.4 Å². The zero-order chi connectivity index (χ0) is 16.8. The molecule has 0 bridgehead atoms. The van der Waals surface area contributed by atoms with Crippen LogP contribution in [0.5, 0.6) is 0 Å². The number of aromatic nitrogens is 4. The molecule has 24 heavy (non-hydrogen) atoms. The Kier molecular flexibility index (Phi) is 5.47. The summed E-state index contributed by atoms with van der Waals surface area (Å²) in [6.45, 7) is 4.73. The van der Waals surface area contributed by atoms with E-state index in [1.807, 2.05) is 4.90 Å². The standard InChI is InChI=1S/C16H22N6O2/c1-2-10-22(12-6-9-17-11-12)14(23)5-4-13-20-16(21-24-13)15-18-7-3-8-19-15/h3,7-8,12,17H,2,4-6,9-11H2,1H3. The topological polar surface area (TPSA) is 97.0 Å². The van der Waals surface area contributed by atoms with Gasteiger partial charge < -0.3 is 14.7 Å². The van der Waals surface area contributed by atoms with Crippen molar-refractivity contribution in [3.63, 3.8) is 0 Å². The molecule has 1 N–H and O–H groups in total. The molecular formula is C16H22N6O2. The fraction of sp³-hybridized carbons (Fsp3) is 0.562. The second-order valence-corrected chi connectivity index (χ2v) is 5.82. The molecule has 8 nitrogen and oxygen atoms in total. The maximum Gasteiger partial charge on any atom is 0.240 e. The summed E-state index contributed by atoms with van der Waals surface area (Å²) in [5.41, 5.74) is 0. The first-order valence-corrected chi connectivity index (χ1v) is 8.38. The summed E-state index contributed by atoms with van der Waals surface area (Å²) in [6, 6.07) is 2.03. The number of amides is 1. The van der Waals surface area contributed by atoms with Crippen LogP contribution in [0.15, 0.2) is 23.0 Å². The number of nitrogens with zero attached hydrogens (tertiary/aromatic N) is 5. The summed E-state index contributed by atoms with van der Waals surface area (Å²) in [4.78, 5) is 27.0. The molecule has 1 amide bonds. The number of hydrogen-bond donors (Lipinski definition) is 1. The fourth-order valence-electron chi connectivity index (χ4n) is 2.88. The van der Waals surface area contributed by atoms with Crippen molar-refractivity contribution in [2.45, 2.75) is 38.6 Å². The van der Waals surface area contributed by atoms with Crippen LogP contribution in [0.3, 0.4) is 0 Å². The zero-order valence-corrected chi connectivity index (χ0v) is 13.8. The van der Waals surface area contributed by atoms with Gasteiger partial charge in [0.15, 0.2) is 0 Å². The monoisotopic (exact) mass is 330 g/mol. The van der Waals surface area contributed by atoms with E-state index < -0.39 is 0 Å². The fourth-order valence-corrected chi connectivity index (χ4v) is 2.88. The molecular weight excluding hydrogens is 308 g/mol. The summed E-state index contributed by atoms with van der Waals surface area (Å²) in [5, 5.41) is 7.19. The number of hydrogen-bond acceptors (Lipinski definition) is 7. The van der Waals surface area contributed by atoms with E-state index in [0.29, 0.717) is 36.4 Å². The molecule has 1 fully saturated rings. The normalized spacial score (nSPS) is 17.1. The van der Waals surface area contributed by atoms with E-state index in [1.54, 1.807) is 18.5 Å². The molecule has 1 aliphatic rings. The second kappa shape index (κ2) is 7.96. The Morgan fingerprint density at radius 3 is 2.92 bits per heavy atom. The molecule has 1 atom stereocenters. The number of nitrogens with one attached hydrogen (secondary N) is 1. The van der Waals surface area contributed by atoms with E-state index in [4.69, 9.17) is 4.52 Å². The molecule has 3 rings (SSSR count). The third kappa shape index (κ3) is 3.94. The molecule has 128 valence electrons. The van der Waals surface area contributed by atoms with Gasteiger partial charge in [-0.1, -0.05) is 12.1 Å². The summed E-state index contributed by atoms with van der Waals surface area (Å²) < 4.78 is 5.21. The van der Waals surface area contributed by atoms with Crippen molar-refractivity contribution >= 4 is 5.91 Å². The average molecular weight is 330 g/mol. The van der Waals surface area contributed by atoms with Crippen molar-refractivity contribution in [1.82, 2.24) is 30.3 Å². The highest BCUT2D eigenvalue weighted by atomic mass is 16.5. The number of carbonyl (C=O) groups excluding carboxylic acids is 1. The minimum absolute atomic E-state index is 0.140. The largest absolute Gasteiger partial charge is 0.339 e. The van der Waals surface area contributed by atoms with Crippen LogP contribution in [0.1, 0.15) is 32.1 Å². The summed E-state index contributed by atoms with van der Waals surface area (Å²) >= 11 is 0. The lowest BCUT2D eigenvalue weighted by Crippen LogP contribution is -2.42. The van der Waals surface area contributed by atoms with Crippen molar-refractivity contribution < 1.29 is 9.32 Å². The first kappa shape index (κ1) is 16.5. The highest BCUT2D eigenvalue weighted by Gasteiger charge is 2.26. The Morgan fingerprint density at radius 1 is 1.38 bits per heavy atom. The Morgan fingerprint density at radius 2 is 2.21 bits per heavy atom. The highest BCUT2D eigenvalue weighted by molar-refractivity contribution is 5.76. The quantitative estimate of drug-likeness (QED) is 0.810. The third-order valence-corrected chi connectivity index (χ3v) is 4.05. The number of aryl methyl sites for hydroxylation is 1. The number of rotatable bonds is 7. The minimum atomic E-state index is 0.140. The van der Waals surface area contributed by atoms with Crippen LogP contribution in [-0.2, 0) is 11.2 Å². The lowest BCUT2D eigenvalue weighted by Gasteiger charge is -2.28. The molecule has 0 aromatic carbocycles. The van der Waals surface area contributed by atoms with Crippen molar-refractivity contribution in [3.05, 3.63) is 24.4 Å². The molecule has 2 aromatic rings. The van der Waals surface area contributed by atoms with Gasteiger partial charge in [-0.3, -0.25) is 4.79 Å². The summed E-state index contributed by atoms with van der Waals surface area (Å²) in [6.07, 6.45) is 6.02. The van der Waals surface area contributed by atoms with Crippen LogP contribution in [-0.4, -0.2) is 56.6 Å². The Labute approximate surface area is 140 Å². The zero-order valence-electron chi connectivity index (χ0n) is 13.8. The van der Waals surface area contributed by atoms with Gasteiger partial charge in [-0.15, -0.1) is 0 Å². The molecule has 0 radical (unpaired) electrons. The van der Waals surface area contributed by atoms with E-state index in [2.05, 4.69) is 32.3 Å². The van der Waals surface area contributed by atoms with E-state index in [0.717, 1.165) is 32.5 Å². The first-order valence-electron chi connectivity index (χ1n) is 8.38. The molecule has 3 heterocycles. The SMILES string of the molecule is CCCN(C(=O)CCc1nc(-c2ncccn2)no1)C1CCNC1. The Balaban J connectivity index is 1.58. The molecule has 1 unspecified atom stereocenters. The van der Waals surface area contributed by atoms with Gasteiger partial charge in [-0.05, 0) is 25.5 Å². The smallest absolute Gasteiger partial charge is 0.240 e. The number of carbonyl (C=O) groups is 1. The van der Waals surface area contributed by atoms with E-state index >= 15 is 0 Å². The highest BCUT2D eigenvalue weighted by Crippen LogP contribution is 2.14. The van der Waals surface area contributed by atoms with Gasteiger partial charge in [-0.25, -0.2) is 9.97 Å². The molecule has 2 aromatic heterocycles. The molecule has 1 aliphatic heterocycles. The molecule has 0 aliphatic carbocycles. The van der Waals surface area contributed by atoms with Crippen molar-refractivity contribution in [1.29, 1.82) is 0 Å². The molecule has 0 saturated carbocycles. The Bertz CT molecular complexity index is 654. The lowest BCUT2D eigenvalue weighted by atomic mass is 10.1. The maximum absolute atomic E-state index is 12.6. The van der Waals surface area contributed by atoms with Gasteiger partial charge in [-0.2, -0.15) is 4.98 Å². The average Bonchev–Trinajstić information content (AvgIpc) is 3.30. The van der Waals surface area contributed by atoms with Crippen LogP contribution < -0.4 is 5.32 Å². The van der Waals surface area contributed by atoms with Crippen molar-refractivity contribution in [3.8, 4) is 11.6 Å². The maximum atomic E-state index is 12.6. The summed E-state index contributed by atoms with van der Waals surface area (Å²) in [5.74, 6) is 1.35. The van der Waals surface area contributed by atoms with Gasteiger partial charge >= 0.3 is 0 Å². The van der Waals surface area contributed by atoms with Crippen LogP contribution in [0, 0.1) is 0 Å². The molecule has 0 spiro atoms. The van der Waals surface area contributed by atoms with Crippen LogP contribution in [0.25, 0.3) is 11.6 Å². The minimum Gasteiger partial charge on any atom is -0.339 e. The lowest BCUT2D eigenvalue weighted by molar-refractivity contribution is -0.133. The van der Waals surface area contributed by atoms with Gasteiger partial charge in [0.25, 0.3) is 0 Å². The predicted molar refractivity (Wildman–Crippen MR) is 86.9 cm³/mol. The first-order chi connectivity index (χ1) is 11.8. The molecule has 8 heteroatoms. The summed E-state index contributed by atoms with van der Waals surface area (Å²) in [7, 11) is 0. The van der Waals surface area contributed by atoms with E-state index in [9.17, 15) is 4.79 Å². The van der Waals surface area contributed by atoms with Gasteiger partial charge in [0.05, 0.1) is 0 Å².